The highest BCUT2D eigenvalue weighted by atomic mass is 32.1. The number of carbonyl (C=O) groups excluding carboxylic acids is 1. The molecule has 0 atom stereocenters. The number of methoxy groups -OCH3 is 1. The number of hydrogen-bond donors (Lipinski definition) is 0. The summed E-state index contributed by atoms with van der Waals surface area (Å²) < 4.78 is 15.3. The molecule has 21 heavy (non-hydrogen) atoms. The Bertz CT molecular complexity index is 715. The Morgan fingerprint density at radius 2 is 2.05 bits per heavy atom. The molecule has 1 aromatic carbocycles. The molecular formula is C16H14O4S. The van der Waals surface area contributed by atoms with Crippen LogP contribution in [0.25, 0.3) is 16.0 Å². The molecule has 0 bridgehead atoms. The quantitative estimate of drug-likeness (QED) is 0.640. The zero-order valence-electron chi connectivity index (χ0n) is 11.7. The van der Waals surface area contributed by atoms with E-state index in [4.69, 9.17) is 9.47 Å². The van der Waals surface area contributed by atoms with E-state index in [9.17, 15) is 4.79 Å². The van der Waals surface area contributed by atoms with E-state index in [0.717, 1.165) is 32.4 Å². The molecule has 4 nitrogen and oxygen atoms in total. The summed E-state index contributed by atoms with van der Waals surface area (Å²) in [6, 6.07) is 9.92. The number of carbonyl (C=O) groups is 1. The molecule has 0 radical (unpaired) electrons. The Labute approximate surface area is 126 Å². The minimum absolute atomic E-state index is 0.273. The second-order valence-corrected chi connectivity index (χ2v) is 5.67. The number of thiophene rings is 1. The highest BCUT2D eigenvalue weighted by Crippen LogP contribution is 2.38. The summed E-state index contributed by atoms with van der Waals surface area (Å²) >= 11 is 1.62. The van der Waals surface area contributed by atoms with Gasteiger partial charge in [-0.15, -0.1) is 11.3 Å². The van der Waals surface area contributed by atoms with E-state index in [0.29, 0.717) is 0 Å². The molecule has 108 valence electrons. The molecular weight excluding hydrogens is 288 g/mol. The van der Waals surface area contributed by atoms with Crippen molar-refractivity contribution in [2.45, 2.75) is 6.92 Å². The van der Waals surface area contributed by atoms with Gasteiger partial charge in [-0.05, 0) is 48.4 Å². The topological polar surface area (TPSA) is 44.8 Å². The molecule has 1 aromatic heterocycles. The maximum Gasteiger partial charge on any atom is 0.330 e. The van der Waals surface area contributed by atoms with Crippen LogP contribution >= 0.6 is 11.3 Å². The normalized spacial score (nSPS) is 13.3. The van der Waals surface area contributed by atoms with E-state index >= 15 is 0 Å². The van der Waals surface area contributed by atoms with Gasteiger partial charge < -0.3 is 14.2 Å². The third-order valence-electron chi connectivity index (χ3n) is 3.19. The summed E-state index contributed by atoms with van der Waals surface area (Å²) in [5.74, 6) is 1.20. The van der Waals surface area contributed by atoms with E-state index in [-0.39, 0.29) is 12.8 Å². The zero-order chi connectivity index (χ0) is 14.8. The van der Waals surface area contributed by atoms with Gasteiger partial charge in [0.05, 0.1) is 7.11 Å². The first-order valence-corrected chi connectivity index (χ1v) is 7.25. The first kappa shape index (κ1) is 13.7. The SMILES string of the molecule is COC(=O)/C=C(\C)c1ccc(-c2ccc3c(c2)OCO3)s1. The zero-order valence-corrected chi connectivity index (χ0v) is 12.5. The number of fused-ring (bicyclic) bond motifs is 1. The van der Waals surface area contributed by atoms with Crippen LogP contribution in [-0.4, -0.2) is 19.9 Å². The number of hydrogen-bond acceptors (Lipinski definition) is 5. The maximum absolute atomic E-state index is 11.3. The number of allylic oxidation sites excluding steroid dienone is 1. The fraction of sp³-hybridized carbons (Fsp3) is 0.188. The van der Waals surface area contributed by atoms with Gasteiger partial charge in [-0.1, -0.05) is 0 Å². The average molecular weight is 302 g/mol. The van der Waals surface area contributed by atoms with Gasteiger partial charge in [-0.25, -0.2) is 4.79 Å². The molecule has 0 saturated heterocycles. The second kappa shape index (κ2) is 5.61. The largest absolute Gasteiger partial charge is 0.466 e. The van der Waals surface area contributed by atoms with Crippen LogP contribution in [0.2, 0.25) is 0 Å². The van der Waals surface area contributed by atoms with Crippen molar-refractivity contribution >= 4 is 22.9 Å². The standard InChI is InChI=1S/C16H14O4S/c1-10(7-16(17)18-2)14-5-6-15(21-14)11-3-4-12-13(8-11)20-9-19-12/h3-8H,9H2,1-2H3/b10-7+. The van der Waals surface area contributed by atoms with Crippen LogP contribution in [0.5, 0.6) is 11.5 Å². The minimum Gasteiger partial charge on any atom is -0.466 e. The van der Waals surface area contributed by atoms with Crippen LogP contribution < -0.4 is 9.47 Å². The maximum atomic E-state index is 11.3. The van der Waals surface area contributed by atoms with Crippen molar-refractivity contribution in [2.24, 2.45) is 0 Å². The van der Waals surface area contributed by atoms with Crippen molar-refractivity contribution in [3.8, 4) is 21.9 Å². The minimum atomic E-state index is -0.342. The molecule has 2 aromatic rings. The van der Waals surface area contributed by atoms with Crippen molar-refractivity contribution in [3.63, 3.8) is 0 Å². The molecule has 0 spiro atoms. The highest BCUT2D eigenvalue weighted by Gasteiger charge is 2.14. The molecule has 1 aliphatic rings. The van der Waals surface area contributed by atoms with Gasteiger partial charge in [0.2, 0.25) is 6.79 Å². The van der Waals surface area contributed by atoms with Gasteiger partial charge in [0.25, 0.3) is 0 Å². The van der Waals surface area contributed by atoms with E-state index in [2.05, 4.69) is 4.74 Å². The van der Waals surface area contributed by atoms with Crippen molar-refractivity contribution < 1.29 is 19.0 Å². The lowest BCUT2D eigenvalue weighted by Crippen LogP contribution is -1.94. The predicted octanol–water partition coefficient (Wildman–Crippen LogP) is 3.72. The first-order valence-electron chi connectivity index (χ1n) is 6.44. The average Bonchev–Trinajstić information content (AvgIpc) is 3.15. The lowest BCUT2D eigenvalue weighted by Gasteiger charge is -2.00. The Balaban J connectivity index is 1.88. The summed E-state index contributed by atoms with van der Waals surface area (Å²) in [5.41, 5.74) is 1.96. The van der Waals surface area contributed by atoms with Crippen LogP contribution in [0.3, 0.4) is 0 Å². The number of ether oxygens (including phenoxy) is 3. The van der Waals surface area contributed by atoms with Crippen LogP contribution in [-0.2, 0) is 9.53 Å². The molecule has 2 heterocycles. The number of esters is 1. The van der Waals surface area contributed by atoms with Gasteiger partial charge in [-0.3, -0.25) is 0 Å². The van der Waals surface area contributed by atoms with Crippen LogP contribution in [0.1, 0.15) is 11.8 Å². The van der Waals surface area contributed by atoms with Gasteiger partial charge in [0.1, 0.15) is 0 Å². The lowest BCUT2D eigenvalue weighted by molar-refractivity contribution is -0.134. The molecule has 0 N–H and O–H groups in total. The molecule has 0 amide bonds. The number of rotatable bonds is 3. The van der Waals surface area contributed by atoms with E-state index in [1.165, 1.54) is 13.2 Å². The summed E-state index contributed by atoms with van der Waals surface area (Å²) in [6.45, 7) is 2.17. The van der Waals surface area contributed by atoms with E-state index in [1.54, 1.807) is 11.3 Å². The second-order valence-electron chi connectivity index (χ2n) is 4.58. The van der Waals surface area contributed by atoms with E-state index in [1.807, 2.05) is 37.3 Å². The van der Waals surface area contributed by atoms with Gasteiger partial charge in [-0.2, -0.15) is 0 Å². The summed E-state index contributed by atoms with van der Waals surface area (Å²) in [5, 5.41) is 0. The Kier molecular flexibility index (Phi) is 3.66. The van der Waals surface area contributed by atoms with Crippen molar-refractivity contribution in [1.29, 1.82) is 0 Å². The van der Waals surface area contributed by atoms with Crippen LogP contribution in [0.15, 0.2) is 36.4 Å². The summed E-state index contributed by atoms with van der Waals surface area (Å²) in [7, 11) is 1.37. The van der Waals surface area contributed by atoms with Crippen molar-refractivity contribution in [1.82, 2.24) is 0 Å². The predicted molar refractivity (Wildman–Crippen MR) is 81.5 cm³/mol. The molecule has 1 aliphatic heterocycles. The van der Waals surface area contributed by atoms with Gasteiger partial charge in [0, 0.05) is 15.8 Å². The van der Waals surface area contributed by atoms with E-state index < -0.39 is 0 Å². The van der Waals surface area contributed by atoms with Gasteiger partial charge >= 0.3 is 5.97 Å². The Morgan fingerprint density at radius 1 is 1.24 bits per heavy atom. The Morgan fingerprint density at radius 3 is 2.86 bits per heavy atom. The third-order valence-corrected chi connectivity index (χ3v) is 4.46. The summed E-state index contributed by atoms with van der Waals surface area (Å²) in [6.07, 6.45) is 1.50. The molecule has 0 unspecified atom stereocenters. The van der Waals surface area contributed by atoms with Gasteiger partial charge in [0.15, 0.2) is 11.5 Å². The number of benzene rings is 1. The molecule has 0 fully saturated rings. The Hall–Kier alpha value is -2.27. The van der Waals surface area contributed by atoms with Crippen molar-refractivity contribution in [3.05, 3.63) is 41.3 Å². The fourth-order valence-electron chi connectivity index (χ4n) is 2.06. The third kappa shape index (κ3) is 2.78. The van der Waals surface area contributed by atoms with Crippen molar-refractivity contribution in [2.75, 3.05) is 13.9 Å². The monoisotopic (exact) mass is 302 g/mol. The molecule has 0 aliphatic carbocycles. The highest BCUT2D eigenvalue weighted by molar-refractivity contribution is 7.16. The fourth-order valence-corrected chi connectivity index (χ4v) is 3.04. The smallest absolute Gasteiger partial charge is 0.330 e. The lowest BCUT2D eigenvalue weighted by atomic mass is 10.1. The molecule has 5 heteroatoms. The summed E-state index contributed by atoms with van der Waals surface area (Å²) in [4.78, 5) is 13.4. The molecule has 0 saturated carbocycles. The van der Waals surface area contributed by atoms with Crippen LogP contribution in [0.4, 0.5) is 0 Å². The first-order chi connectivity index (χ1) is 10.2. The molecule has 3 rings (SSSR count). The van der Waals surface area contributed by atoms with Crippen LogP contribution in [0, 0.1) is 0 Å².